The number of hydrogen-bond acceptors (Lipinski definition) is 3. The number of halogens is 2. The highest BCUT2D eigenvalue weighted by Gasteiger charge is 2.14. The van der Waals surface area contributed by atoms with E-state index >= 15 is 0 Å². The minimum absolute atomic E-state index is 0.143. The Morgan fingerprint density at radius 2 is 1.88 bits per heavy atom. The van der Waals surface area contributed by atoms with Crippen LogP contribution in [-0.4, -0.2) is 18.5 Å². The normalized spacial score (nSPS) is 10.4. The third-order valence-corrected chi connectivity index (χ3v) is 4.47. The summed E-state index contributed by atoms with van der Waals surface area (Å²) >= 11 is 11.9. The molecule has 132 valence electrons. The highest BCUT2D eigenvalue weighted by molar-refractivity contribution is 6.42. The van der Waals surface area contributed by atoms with Crippen molar-refractivity contribution in [3.05, 3.63) is 63.1 Å². The minimum atomic E-state index is -0.396. The maximum Gasteiger partial charge on any atom is 0.338 e. The van der Waals surface area contributed by atoms with Crippen molar-refractivity contribution in [2.45, 2.75) is 26.7 Å². The standard InChI is InChI=1S/C19H19Cl2NO3/c1-3-25-19(24)14-5-4-6-17(12(14)2)22-18(23)10-8-13-7-9-15(20)16(21)11-13/h4-7,9,11H,3,8,10H2,1-2H3,(H,22,23). The van der Waals surface area contributed by atoms with Crippen LogP contribution in [0.4, 0.5) is 5.69 Å². The third kappa shape index (κ3) is 5.21. The van der Waals surface area contributed by atoms with Crippen LogP contribution in [0.25, 0.3) is 0 Å². The van der Waals surface area contributed by atoms with Crippen molar-refractivity contribution in [1.29, 1.82) is 0 Å². The summed E-state index contributed by atoms with van der Waals surface area (Å²) < 4.78 is 5.02. The van der Waals surface area contributed by atoms with Crippen molar-refractivity contribution in [2.75, 3.05) is 11.9 Å². The van der Waals surface area contributed by atoms with Gasteiger partial charge < -0.3 is 10.1 Å². The molecule has 4 nitrogen and oxygen atoms in total. The molecule has 0 atom stereocenters. The fourth-order valence-electron chi connectivity index (χ4n) is 2.37. The lowest BCUT2D eigenvalue weighted by atomic mass is 10.1. The van der Waals surface area contributed by atoms with E-state index in [0.717, 1.165) is 5.56 Å². The van der Waals surface area contributed by atoms with Gasteiger partial charge in [-0.05, 0) is 55.7 Å². The van der Waals surface area contributed by atoms with Crippen LogP contribution in [0, 0.1) is 6.92 Å². The summed E-state index contributed by atoms with van der Waals surface area (Å²) in [6.07, 6.45) is 0.834. The molecule has 2 rings (SSSR count). The molecule has 2 aromatic rings. The lowest BCUT2D eigenvalue weighted by molar-refractivity contribution is -0.116. The molecule has 0 saturated heterocycles. The van der Waals surface area contributed by atoms with E-state index in [-0.39, 0.29) is 5.91 Å². The number of rotatable bonds is 6. The van der Waals surface area contributed by atoms with Crippen molar-refractivity contribution in [1.82, 2.24) is 0 Å². The second-order valence-corrected chi connectivity index (χ2v) is 6.31. The first-order valence-electron chi connectivity index (χ1n) is 7.93. The number of hydrogen-bond donors (Lipinski definition) is 1. The SMILES string of the molecule is CCOC(=O)c1cccc(NC(=O)CCc2ccc(Cl)c(Cl)c2)c1C. The van der Waals surface area contributed by atoms with Gasteiger partial charge in [0.25, 0.3) is 0 Å². The Morgan fingerprint density at radius 3 is 2.56 bits per heavy atom. The first kappa shape index (κ1) is 19.3. The molecule has 25 heavy (non-hydrogen) atoms. The van der Waals surface area contributed by atoms with E-state index in [9.17, 15) is 9.59 Å². The first-order chi connectivity index (χ1) is 11.9. The molecule has 0 heterocycles. The molecular formula is C19H19Cl2NO3. The fourth-order valence-corrected chi connectivity index (χ4v) is 2.69. The van der Waals surface area contributed by atoms with Gasteiger partial charge in [0.05, 0.1) is 22.2 Å². The van der Waals surface area contributed by atoms with Gasteiger partial charge in [-0.1, -0.05) is 35.3 Å². The summed E-state index contributed by atoms with van der Waals surface area (Å²) in [5.41, 5.74) is 2.67. The van der Waals surface area contributed by atoms with Gasteiger partial charge in [0.2, 0.25) is 5.91 Å². The van der Waals surface area contributed by atoms with E-state index in [0.29, 0.717) is 46.3 Å². The second-order valence-electron chi connectivity index (χ2n) is 5.50. The smallest absolute Gasteiger partial charge is 0.338 e. The van der Waals surface area contributed by atoms with Crippen molar-refractivity contribution >= 4 is 40.8 Å². The molecule has 0 spiro atoms. The van der Waals surface area contributed by atoms with Crippen LogP contribution >= 0.6 is 23.2 Å². The van der Waals surface area contributed by atoms with Crippen LogP contribution in [0.5, 0.6) is 0 Å². The molecule has 2 aromatic carbocycles. The van der Waals surface area contributed by atoms with Crippen LogP contribution < -0.4 is 5.32 Å². The number of carbonyl (C=O) groups is 2. The van der Waals surface area contributed by atoms with E-state index in [4.69, 9.17) is 27.9 Å². The molecule has 6 heteroatoms. The van der Waals surface area contributed by atoms with Crippen LogP contribution in [-0.2, 0) is 16.0 Å². The van der Waals surface area contributed by atoms with Gasteiger partial charge in [-0.25, -0.2) is 4.79 Å². The van der Waals surface area contributed by atoms with Gasteiger partial charge in [0.15, 0.2) is 0 Å². The predicted octanol–water partition coefficient (Wildman–Crippen LogP) is 5.05. The largest absolute Gasteiger partial charge is 0.462 e. The average molecular weight is 380 g/mol. The van der Waals surface area contributed by atoms with Crippen molar-refractivity contribution in [3.63, 3.8) is 0 Å². The third-order valence-electron chi connectivity index (χ3n) is 3.73. The summed E-state index contributed by atoms with van der Waals surface area (Å²) in [5.74, 6) is -0.540. The average Bonchev–Trinajstić information content (AvgIpc) is 2.58. The number of amides is 1. The molecule has 0 fully saturated rings. The van der Waals surface area contributed by atoms with Gasteiger partial charge in [0.1, 0.15) is 0 Å². The maximum absolute atomic E-state index is 12.2. The Bertz CT molecular complexity index is 790. The van der Waals surface area contributed by atoms with Gasteiger partial charge >= 0.3 is 5.97 Å². The van der Waals surface area contributed by atoms with Crippen LogP contribution in [0.15, 0.2) is 36.4 Å². The summed E-state index contributed by atoms with van der Waals surface area (Å²) in [5, 5.41) is 3.80. The van der Waals surface area contributed by atoms with E-state index in [1.54, 1.807) is 44.2 Å². The Labute approximate surface area is 157 Å². The Balaban J connectivity index is 2.01. The number of ether oxygens (including phenoxy) is 1. The zero-order chi connectivity index (χ0) is 18.4. The van der Waals surface area contributed by atoms with Crippen LogP contribution in [0.2, 0.25) is 10.0 Å². The molecule has 1 N–H and O–H groups in total. The summed E-state index contributed by atoms with van der Waals surface area (Å²) in [6, 6.07) is 10.5. The summed E-state index contributed by atoms with van der Waals surface area (Å²) in [4.78, 5) is 24.1. The van der Waals surface area contributed by atoms with E-state index in [1.807, 2.05) is 6.07 Å². The van der Waals surface area contributed by atoms with Gasteiger partial charge in [0, 0.05) is 12.1 Å². The maximum atomic E-state index is 12.2. The number of aryl methyl sites for hydroxylation is 1. The Kier molecular flexibility index (Phi) is 6.85. The van der Waals surface area contributed by atoms with Crippen molar-refractivity contribution in [2.24, 2.45) is 0 Å². The first-order valence-corrected chi connectivity index (χ1v) is 8.68. The van der Waals surface area contributed by atoms with E-state index in [1.165, 1.54) is 0 Å². The minimum Gasteiger partial charge on any atom is -0.462 e. The van der Waals surface area contributed by atoms with Gasteiger partial charge in [-0.15, -0.1) is 0 Å². The number of carbonyl (C=O) groups excluding carboxylic acids is 2. The Morgan fingerprint density at radius 1 is 1.12 bits per heavy atom. The molecule has 0 radical (unpaired) electrons. The van der Waals surface area contributed by atoms with E-state index in [2.05, 4.69) is 5.32 Å². The summed E-state index contributed by atoms with van der Waals surface area (Å²) in [6.45, 7) is 3.83. The lowest BCUT2D eigenvalue weighted by Crippen LogP contribution is -2.15. The lowest BCUT2D eigenvalue weighted by Gasteiger charge is -2.12. The van der Waals surface area contributed by atoms with E-state index < -0.39 is 5.97 Å². The quantitative estimate of drug-likeness (QED) is 0.714. The number of nitrogens with one attached hydrogen (secondary N) is 1. The van der Waals surface area contributed by atoms with Gasteiger partial charge in [-0.2, -0.15) is 0 Å². The fraction of sp³-hybridized carbons (Fsp3) is 0.263. The zero-order valence-electron chi connectivity index (χ0n) is 14.1. The monoisotopic (exact) mass is 379 g/mol. The molecule has 0 saturated carbocycles. The molecule has 0 aliphatic heterocycles. The van der Waals surface area contributed by atoms with Crippen molar-refractivity contribution < 1.29 is 14.3 Å². The highest BCUT2D eigenvalue weighted by atomic mass is 35.5. The number of anilines is 1. The highest BCUT2D eigenvalue weighted by Crippen LogP contribution is 2.24. The zero-order valence-corrected chi connectivity index (χ0v) is 15.6. The molecule has 0 unspecified atom stereocenters. The van der Waals surface area contributed by atoms with Crippen LogP contribution in [0.1, 0.15) is 34.8 Å². The Hall–Kier alpha value is -2.04. The predicted molar refractivity (Wildman–Crippen MR) is 101 cm³/mol. The molecule has 0 bridgehead atoms. The summed E-state index contributed by atoms with van der Waals surface area (Å²) in [7, 11) is 0. The second kappa shape index (κ2) is 8.88. The van der Waals surface area contributed by atoms with Crippen molar-refractivity contribution in [3.8, 4) is 0 Å². The molecule has 0 aliphatic rings. The molecular weight excluding hydrogens is 361 g/mol. The molecule has 0 aliphatic carbocycles. The van der Waals surface area contributed by atoms with Gasteiger partial charge in [-0.3, -0.25) is 4.79 Å². The van der Waals surface area contributed by atoms with Crippen LogP contribution in [0.3, 0.4) is 0 Å². The molecule has 1 amide bonds. The molecule has 0 aromatic heterocycles. The topological polar surface area (TPSA) is 55.4 Å². The number of esters is 1. The number of benzene rings is 2.